The lowest BCUT2D eigenvalue weighted by Gasteiger charge is -2.25. The van der Waals surface area contributed by atoms with E-state index in [2.05, 4.69) is 19.4 Å². The Balaban J connectivity index is 2.65. The quantitative estimate of drug-likeness (QED) is 0.695. The van der Waals surface area contributed by atoms with Crippen LogP contribution in [0.15, 0.2) is 0 Å². The fourth-order valence-electron chi connectivity index (χ4n) is 2.26. The summed E-state index contributed by atoms with van der Waals surface area (Å²) in [5.41, 5.74) is 0. The number of nitriles is 1. The minimum absolute atomic E-state index is 0.0821. The van der Waals surface area contributed by atoms with Gasteiger partial charge in [-0.15, -0.1) is 0 Å². The van der Waals surface area contributed by atoms with Crippen molar-refractivity contribution < 1.29 is 9.47 Å². The minimum Gasteiger partial charge on any atom is -0.381 e. The van der Waals surface area contributed by atoms with Crippen molar-refractivity contribution in [3.8, 4) is 6.07 Å². The van der Waals surface area contributed by atoms with Crippen LogP contribution >= 0.6 is 0 Å². The first-order valence-electron chi connectivity index (χ1n) is 5.45. The van der Waals surface area contributed by atoms with Crippen LogP contribution in [-0.2, 0) is 9.47 Å². The Hall–Kier alpha value is -0.590. The molecule has 3 heteroatoms. The highest BCUT2D eigenvalue weighted by Gasteiger charge is 2.40. The Bertz CT molecular complexity index is 224. The molecule has 84 valence electrons. The van der Waals surface area contributed by atoms with Gasteiger partial charge in [-0.25, -0.2) is 0 Å². The van der Waals surface area contributed by atoms with E-state index in [-0.39, 0.29) is 18.1 Å². The molecule has 0 aromatic rings. The second-order valence-corrected chi connectivity index (χ2v) is 3.80. The standard InChI is InChI=1S/C12H19NO2/c1-4-9-6-7-10(12(9)14-3)11(8-13)15-5-2/h7,9-12H,1,4-6H2,2-3H3. The maximum Gasteiger partial charge on any atom is 0.149 e. The highest BCUT2D eigenvalue weighted by atomic mass is 16.5. The van der Waals surface area contributed by atoms with E-state index in [1.165, 1.54) is 0 Å². The summed E-state index contributed by atoms with van der Waals surface area (Å²) in [6.45, 7) is 6.37. The molecule has 0 heterocycles. The third-order valence-corrected chi connectivity index (χ3v) is 3.02. The second kappa shape index (κ2) is 6.09. The lowest BCUT2D eigenvalue weighted by molar-refractivity contribution is -0.0164. The van der Waals surface area contributed by atoms with Crippen LogP contribution in [0.4, 0.5) is 0 Å². The predicted molar refractivity (Wildman–Crippen MR) is 57.7 cm³/mol. The van der Waals surface area contributed by atoms with E-state index >= 15 is 0 Å². The molecule has 0 aromatic carbocycles. The molecular formula is C12H19NO2. The van der Waals surface area contributed by atoms with E-state index in [9.17, 15) is 0 Å². The van der Waals surface area contributed by atoms with E-state index in [1.54, 1.807) is 7.11 Å². The van der Waals surface area contributed by atoms with Gasteiger partial charge in [0.1, 0.15) is 6.10 Å². The van der Waals surface area contributed by atoms with Gasteiger partial charge >= 0.3 is 0 Å². The first-order chi connectivity index (χ1) is 7.28. The molecule has 4 atom stereocenters. The fourth-order valence-corrected chi connectivity index (χ4v) is 2.26. The number of hydrogen-bond acceptors (Lipinski definition) is 3. The monoisotopic (exact) mass is 209 g/mol. The molecule has 0 bridgehead atoms. The Morgan fingerprint density at radius 2 is 2.40 bits per heavy atom. The van der Waals surface area contributed by atoms with Gasteiger partial charge in [-0.05, 0) is 32.1 Å². The maximum absolute atomic E-state index is 9.02. The van der Waals surface area contributed by atoms with Gasteiger partial charge in [0.25, 0.3) is 0 Å². The van der Waals surface area contributed by atoms with Crippen LogP contribution in [0.1, 0.15) is 19.8 Å². The third-order valence-electron chi connectivity index (χ3n) is 3.02. The summed E-state index contributed by atoms with van der Waals surface area (Å²) in [5.74, 6) is 0.517. The zero-order chi connectivity index (χ0) is 11.3. The summed E-state index contributed by atoms with van der Waals surface area (Å²) in [7, 11) is 1.69. The van der Waals surface area contributed by atoms with Gasteiger partial charge in [0, 0.05) is 19.6 Å². The number of methoxy groups -OCH3 is 1. The Labute approximate surface area is 92.4 Å². The molecule has 0 aliphatic heterocycles. The average molecular weight is 209 g/mol. The van der Waals surface area contributed by atoms with Gasteiger partial charge in [-0.3, -0.25) is 0 Å². The van der Waals surface area contributed by atoms with Crippen molar-refractivity contribution in [2.45, 2.75) is 32.0 Å². The Morgan fingerprint density at radius 3 is 2.87 bits per heavy atom. The number of ether oxygens (including phenoxy) is 2. The third kappa shape index (κ3) is 2.70. The molecule has 0 amide bonds. The lowest BCUT2D eigenvalue weighted by atomic mass is 9.94. The molecule has 1 fully saturated rings. The normalized spacial score (nSPS) is 32.5. The molecule has 1 aliphatic carbocycles. The van der Waals surface area contributed by atoms with Crippen molar-refractivity contribution in [1.82, 2.24) is 0 Å². The van der Waals surface area contributed by atoms with Crippen molar-refractivity contribution in [3.05, 3.63) is 13.3 Å². The number of nitrogens with zero attached hydrogens (tertiary/aromatic N) is 1. The molecule has 15 heavy (non-hydrogen) atoms. The van der Waals surface area contributed by atoms with Crippen molar-refractivity contribution >= 4 is 0 Å². The van der Waals surface area contributed by atoms with Crippen LogP contribution in [0.2, 0.25) is 0 Å². The molecule has 2 radical (unpaired) electrons. The molecule has 1 saturated carbocycles. The average Bonchev–Trinajstić information content (AvgIpc) is 2.68. The zero-order valence-electron chi connectivity index (χ0n) is 9.48. The van der Waals surface area contributed by atoms with Gasteiger partial charge < -0.3 is 9.47 Å². The molecule has 1 rings (SSSR count). The second-order valence-electron chi connectivity index (χ2n) is 3.80. The fraction of sp³-hybridized carbons (Fsp3) is 0.750. The predicted octanol–water partition coefficient (Wildman–Crippen LogP) is 1.99. The first kappa shape index (κ1) is 12.5. The van der Waals surface area contributed by atoms with Gasteiger partial charge in [-0.1, -0.05) is 6.92 Å². The van der Waals surface area contributed by atoms with Gasteiger partial charge in [0.15, 0.2) is 0 Å². The van der Waals surface area contributed by atoms with Crippen LogP contribution in [0.5, 0.6) is 0 Å². The highest BCUT2D eigenvalue weighted by Crippen LogP contribution is 2.37. The first-order valence-corrected chi connectivity index (χ1v) is 5.45. The van der Waals surface area contributed by atoms with Crippen LogP contribution < -0.4 is 0 Å². The molecule has 0 spiro atoms. The largest absolute Gasteiger partial charge is 0.381 e. The van der Waals surface area contributed by atoms with Crippen LogP contribution in [0, 0.1) is 36.5 Å². The van der Waals surface area contributed by atoms with E-state index in [0.29, 0.717) is 12.5 Å². The van der Waals surface area contributed by atoms with Crippen molar-refractivity contribution in [2.75, 3.05) is 13.7 Å². The van der Waals surface area contributed by atoms with Crippen LogP contribution in [-0.4, -0.2) is 25.9 Å². The molecule has 3 nitrogen and oxygen atoms in total. The molecule has 0 N–H and O–H groups in total. The summed E-state index contributed by atoms with van der Waals surface area (Å²) in [4.78, 5) is 0. The zero-order valence-corrected chi connectivity index (χ0v) is 9.48. The van der Waals surface area contributed by atoms with Gasteiger partial charge in [-0.2, -0.15) is 5.26 Å². The summed E-state index contributed by atoms with van der Waals surface area (Å²) in [6.07, 6.45) is 3.66. The summed E-state index contributed by atoms with van der Waals surface area (Å²) in [6, 6.07) is 2.20. The number of rotatable bonds is 5. The smallest absolute Gasteiger partial charge is 0.149 e. The molecule has 4 unspecified atom stereocenters. The highest BCUT2D eigenvalue weighted by molar-refractivity contribution is 5.06. The number of hydrogen-bond donors (Lipinski definition) is 0. The van der Waals surface area contributed by atoms with Crippen LogP contribution in [0.25, 0.3) is 0 Å². The Kier molecular flexibility index (Phi) is 5.07. The van der Waals surface area contributed by atoms with Crippen molar-refractivity contribution in [2.24, 2.45) is 11.8 Å². The summed E-state index contributed by atoms with van der Waals surface area (Å²) >= 11 is 0. The van der Waals surface area contributed by atoms with Crippen molar-refractivity contribution in [1.29, 1.82) is 5.26 Å². The maximum atomic E-state index is 9.02. The SMILES string of the molecule is [CH2]CC1C[CH]C(C(C#N)OCC)C1OC. The molecule has 1 aliphatic rings. The van der Waals surface area contributed by atoms with E-state index < -0.39 is 0 Å². The molecule has 0 saturated heterocycles. The minimum atomic E-state index is -0.378. The topological polar surface area (TPSA) is 42.2 Å². The molecular weight excluding hydrogens is 190 g/mol. The van der Waals surface area contributed by atoms with E-state index in [4.69, 9.17) is 14.7 Å². The van der Waals surface area contributed by atoms with Crippen LogP contribution in [0.3, 0.4) is 0 Å². The van der Waals surface area contributed by atoms with Gasteiger partial charge in [0.2, 0.25) is 0 Å². The summed E-state index contributed by atoms with van der Waals surface area (Å²) in [5, 5.41) is 9.02. The lowest BCUT2D eigenvalue weighted by Crippen LogP contribution is -2.33. The molecule has 0 aromatic heterocycles. The van der Waals surface area contributed by atoms with Gasteiger partial charge in [0.05, 0.1) is 12.2 Å². The van der Waals surface area contributed by atoms with E-state index in [0.717, 1.165) is 12.8 Å². The summed E-state index contributed by atoms with van der Waals surface area (Å²) < 4.78 is 10.9. The van der Waals surface area contributed by atoms with Crippen molar-refractivity contribution in [3.63, 3.8) is 0 Å². The van der Waals surface area contributed by atoms with E-state index in [1.807, 2.05) is 6.92 Å². The Morgan fingerprint density at radius 1 is 1.67 bits per heavy atom.